The number of carbonyl (C=O) groups is 1. The molecule has 0 bridgehead atoms. The van der Waals surface area contributed by atoms with Crippen molar-refractivity contribution in [1.82, 2.24) is 16.0 Å². The van der Waals surface area contributed by atoms with E-state index < -0.39 is 59.1 Å². The highest BCUT2D eigenvalue weighted by Crippen LogP contribution is 2.34. The fraction of sp³-hybridized carbons (Fsp3) is 0.405. The lowest BCUT2D eigenvalue weighted by atomic mass is 9.97. The highest BCUT2D eigenvalue weighted by atomic mass is 127. The van der Waals surface area contributed by atoms with Gasteiger partial charge >= 0.3 is 0 Å². The highest BCUT2D eigenvalue weighted by molar-refractivity contribution is 14.1. The van der Waals surface area contributed by atoms with E-state index in [0.717, 1.165) is 60.5 Å². The summed E-state index contributed by atoms with van der Waals surface area (Å²) in [6.07, 6.45) is -0.238. The zero-order chi connectivity index (χ0) is 42.1. The molecule has 0 aromatic heterocycles. The van der Waals surface area contributed by atoms with Crippen molar-refractivity contribution in [2.24, 2.45) is 5.73 Å². The van der Waals surface area contributed by atoms with Crippen LogP contribution in [0.15, 0.2) is 72.8 Å². The molecule has 6 atom stereocenters. The summed E-state index contributed by atoms with van der Waals surface area (Å²) in [5.41, 5.74) is 7.12. The van der Waals surface area contributed by atoms with Gasteiger partial charge in [-0.3, -0.25) is 4.79 Å². The van der Waals surface area contributed by atoms with Crippen LogP contribution in [0, 0.1) is 30.4 Å². The van der Waals surface area contributed by atoms with Gasteiger partial charge in [0.1, 0.15) is 40.4 Å². The van der Waals surface area contributed by atoms with E-state index in [1.54, 1.807) is 0 Å². The first-order valence-electron chi connectivity index (χ1n) is 18.8. The molecule has 58 heavy (non-hydrogen) atoms. The molecule has 0 fully saturated rings. The van der Waals surface area contributed by atoms with Crippen LogP contribution >= 0.6 is 45.2 Å². The molecular formula is C42H48F4I2N4O6. The number of aliphatic hydroxyl groups excluding tert-OH is 2. The summed E-state index contributed by atoms with van der Waals surface area (Å²) < 4.78 is 67.4. The highest BCUT2D eigenvalue weighted by Gasteiger charge is 2.31. The Kier molecular flexibility index (Phi) is 16.6. The number of benzene rings is 4. The number of carbonyl (C=O) groups excluding carboxylic acids is 1. The summed E-state index contributed by atoms with van der Waals surface area (Å²) in [7, 11) is 0. The van der Waals surface area contributed by atoms with Crippen LogP contribution in [0.2, 0.25) is 0 Å². The first-order valence-corrected chi connectivity index (χ1v) is 21.0. The smallest absolute Gasteiger partial charge is 0.251 e. The van der Waals surface area contributed by atoms with Crippen molar-refractivity contribution in [3.63, 3.8) is 0 Å². The molecule has 2 aliphatic heterocycles. The molecule has 0 saturated carbocycles. The van der Waals surface area contributed by atoms with Gasteiger partial charge in [-0.05, 0) is 144 Å². The Balaban J connectivity index is 0.000000226. The summed E-state index contributed by atoms with van der Waals surface area (Å²) in [6.45, 7) is 4.19. The molecule has 0 spiro atoms. The molecule has 314 valence electrons. The van der Waals surface area contributed by atoms with Gasteiger partial charge in [-0.2, -0.15) is 0 Å². The molecule has 1 amide bonds. The Hall–Kier alpha value is -3.11. The van der Waals surface area contributed by atoms with Gasteiger partial charge in [-0.15, -0.1) is 0 Å². The molecule has 2 aliphatic rings. The zero-order valence-electron chi connectivity index (χ0n) is 32.0. The van der Waals surface area contributed by atoms with Gasteiger partial charge in [0.2, 0.25) is 0 Å². The summed E-state index contributed by atoms with van der Waals surface area (Å²) in [5.74, 6) is -1.83. The van der Waals surface area contributed by atoms with E-state index in [2.05, 4.69) is 67.2 Å². The van der Waals surface area contributed by atoms with Crippen LogP contribution in [0.3, 0.4) is 0 Å². The topological polar surface area (TPSA) is 158 Å². The largest absolute Gasteiger partial charge is 0.493 e. The third-order valence-electron chi connectivity index (χ3n) is 9.77. The van der Waals surface area contributed by atoms with Crippen LogP contribution in [-0.4, -0.2) is 77.4 Å². The van der Waals surface area contributed by atoms with E-state index in [1.165, 1.54) is 26.0 Å². The van der Waals surface area contributed by atoms with Gasteiger partial charge in [0, 0.05) is 74.5 Å². The standard InChI is InChI=1S/C23H27F2IN2O4.C19H21F2IN2O2/c1-23(2,31)22(30)28-19(9-13-7-14(24)10-15(25)8-13)20(29)12-27-18-5-6-32-21-4-3-16(26)11-17(18)21;20-12-5-11(6-13(21)8-12)7-16(23)18(25)10-24-17-3-4-26-19-2-1-14(22)9-15(17)19/h3-4,7-8,10-11,18-20,27,29,31H,5-6,9,12H2,1-2H3,(H,28,30);1-2,5-6,8-9,16-18,24-25H,3-4,7,10,23H2/t18-,19?,20?;16?,17-,18?/m00/s1. The third-order valence-corrected chi connectivity index (χ3v) is 11.1. The van der Waals surface area contributed by atoms with Gasteiger partial charge < -0.3 is 46.5 Å². The van der Waals surface area contributed by atoms with Gasteiger partial charge in [-0.25, -0.2) is 17.6 Å². The number of hydrogen-bond donors (Lipinski definition) is 7. The molecule has 4 aromatic rings. The molecule has 0 aliphatic carbocycles. The van der Waals surface area contributed by atoms with E-state index in [4.69, 9.17) is 15.2 Å². The number of amides is 1. The van der Waals surface area contributed by atoms with Crippen molar-refractivity contribution < 1.29 is 47.1 Å². The minimum Gasteiger partial charge on any atom is -0.493 e. The minimum atomic E-state index is -1.67. The summed E-state index contributed by atoms with van der Waals surface area (Å²) >= 11 is 4.47. The number of fused-ring (bicyclic) bond motifs is 2. The number of aliphatic hydroxyl groups is 3. The van der Waals surface area contributed by atoms with E-state index in [0.29, 0.717) is 25.2 Å². The first kappa shape index (κ1) is 46.0. The predicted molar refractivity (Wildman–Crippen MR) is 228 cm³/mol. The molecule has 2 heterocycles. The van der Waals surface area contributed by atoms with Crippen molar-refractivity contribution in [1.29, 1.82) is 0 Å². The summed E-state index contributed by atoms with van der Waals surface area (Å²) in [6, 6.07) is 16.8. The second-order valence-electron chi connectivity index (χ2n) is 15.0. The molecule has 6 rings (SSSR count). The lowest BCUT2D eigenvalue weighted by Gasteiger charge is -2.31. The second-order valence-corrected chi connectivity index (χ2v) is 17.5. The number of nitrogens with one attached hydrogen (secondary N) is 3. The van der Waals surface area contributed by atoms with Gasteiger partial charge in [0.25, 0.3) is 5.91 Å². The second kappa shape index (κ2) is 20.9. The van der Waals surface area contributed by atoms with Crippen LogP contribution in [-0.2, 0) is 17.6 Å². The average molecular weight is 1030 g/mol. The molecule has 4 aromatic carbocycles. The van der Waals surface area contributed by atoms with Crippen LogP contribution in [0.4, 0.5) is 17.6 Å². The van der Waals surface area contributed by atoms with Crippen molar-refractivity contribution in [2.75, 3.05) is 26.3 Å². The monoisotopic (exact) mass is 1030 g/mol. The summed E-state index contributed by atoms with van der Waals surface area (Å²) in [5, 5.41) is 40.5. The van der Waals surface area contributed by atoms with E-state index in [9.17, 15) is 37.7 Å². The fourth-order valence-electron chi connectivity index (χ4n) is 6.72. The van der Waals surface area contributed by atoms with Crippen LogP contribution in [0.1, 0.15) is 61.0 Å². The Labute approximate surface area is 362 Å². The maximum Gasteiger partial charge on any atom is 0.251 e. The average Bonchev–Trinajstić information content (AvgIpc) is 3.14. The van der Waals surface area contributed by atoms with Gasteiger partial charge in [0.05, 0.1) is 31.5 Å². The number of ether oxygens (including phenoxy) is 2. The Morgan fingerprint density at radius 1 is 0.741 bits per heavy atom. The molecule has 10 nitrogen and oxygen atoms in total. The van der Waals surface area contributed by atoms with E-state index in [-0.39, 0.29) is 43.6 Å². The molecule has 4 unspecified atom stereocenters. The zero-order valence-corrected chi connectivity index (χ0v) is 36.3. The van der Waals surface area contributed by atoms with Crippen molar-refractivity contribution in [3.05, 3.63) is 125 Å². The molecule has 0 radical (unpaired) electrons. The van der Waals surface area contributed by atoms with Crippen molar-refractivity contribution in [3.8, 4) is 11.5 Å². The Morgan fingerprint density at radius 2 is 1.17 bits per heavy atom. The lowest BCUT2D eigenvalue weighted by molar-refractivity contribution is -0.138. The summed E-state index contributed by atoms with van der Waals surface area (Å²) in [4.78, 5) is 12.4. The van der Waals surface area contributed by atoms with Crippen molar-refractivity contribution >= 4 is 51.1 Å². The molecule has 16 heteroatoms. The van der Waals surface area contributed by atoms with E-state index in [1.807, 2.05) is 30.3 Å². The van der Waals surface area contributed by atoms with Crippen LogP contribution < -0.4 is 31.2 Å². The van der Waals surface area contributed by atoms with Crippen LogP contribution in [0.25, 0.3) is 0 Å². The van der Waals surface area contributed by atoms with E-state index >= 15 is 0 Å². The predicted octanol–water partition coefficient (Wildman–Crippen LogP) is 5.76. The first-order chi connectivity index (χ1) is 27.4. The maximum absolute atomic E-state index is 13.6. The number of rotatable bonds is 14. The quantitative estimate of drug-likeness (QED) is 0.0617. The third kappa shape index (κ3) is 13.5. The lowest BCUT2D eigenvalue weighted by Crippen LogP contribution is -2.54. The van der Waals surface area contributed by atoms with Crippen LogP contribution in [0.5, 0.6) is 11.5 Å². The SMILES string of the molecule is CC(C)(O)C(=O)NC(Cc1cc(F)cc(F)c1)C(O)CN[C@H]1CCOc2ccc(I)cc21.NC(Cc1cc(F)cc(F)c1)C(O)CN[C@H]1CCOc2ccc(I)cc21. The number of halogens is 6. The number of hydrogen-bond acceptors (Lipinski definition) is 9. The molecule has 0 saturated heterocycles. The molecule has 8 N–H and O–H groups in total. The minimum absolute atomic E-state index is 0.0123. The fourth-order valence-corrected chi connectivity index (χ4v) is 7.75. The Morgan fingerprint density at radius 3 is 1.62 bits per heavy atom. The maximum atomic E-state index is 13.6. The normalized spacial score (nSPS) is 18.2. The van der Waals surface area contributed by atoms with Gasteiger partial charge in [0.15, 0.2) is 0 Å². The number of nitrogens with two attached hydrogens (primary N) is 1. The Bertz CT molecular complexity index is 1980. The molecular weight excluding hydrogens is 986 g/mol. The van der Waals surface area contributed by atoms with Gasteiger partial charge in [-0.1, -0.05) is 0 Å². The van der Waals surface area contributed by atoms with Crippen molar-refractivity contribution in [2.45, 2.75) is 81.5 Å².